The number of nitrogens with two attached hydrogens (primary N) is 1. The molecule has 0 heterocycles. The molecular formula is C4H9CdNO. The van der Waals surface area contributed by atoms with Crippen molar-refractivity contribution in [2.24, 2.45) is 11.7 Å². The summed E-state index contributed by atoms with van der Waals surface area (Å²) in [5.41, 5.74) is 4.80. The zero-order chi connectivity index (χ0) is 5.15. The molecule has 0 saturated carbocycles. The SMILES string of the molecule is CC(C)C(N)=O.[Cd]. The van der Waals surface area contributed by atoms with Gasteiger partial charge in [0.05, 0.1) is 0 Å². The van der Waals surface area contributed by atoms with Crippen LogP contribution in [-0.4, -0.2) is 5.91 Å². The first kappa shape index (κ1) is 10.4. The number of primary amides is 1. The second kappa shape index (κ2) is 4.55. The van der Waals surface area contributed by atoms with Gasteiger partial charge >= 0.3 is 0 Å². The van der Waals surface area contributed by atoms with E-state index in [0.717, 1.165) is 0 Å². The maximum atomic E-state index is 9.92. The van der Waals surface area contributed by atoms with E-state index < -0.39 is 0 Å². The molecular weight excluding hydrogens is 190 g/mol. The molecule has 0 unspecified atom stereocenters. The van der Waals surface area contributed by atoms with Crippen LogP contribution in [0.3, 0.4) is 0 Å². The van der Waals surface area contributed by atoms with Crippen LogP contribution >= 0.6 is 0 Å². The summed E-state index contributed by atoms with van der Waals surface area (Å²) in [4.78, 5) is 9.92. The molecule has 2 nitrogen and oxygen atoms in total. The molecule has 0 aromatic rings. The maximum absolute atomic E-state index is 9.92. The Morgan fingerprint density at radius 3 is 1.71 bits per heavy atom. The van der Waals surface area contributed by atoms with Gasteiger partial charge in [0.25, 0.3) is 0 Å². The van der Waals surface area contributed by atoms with Crippen molar-refractivity contribution in [2.75, 3.05) is 0 Å². The Hall–Kier alpha value is 0.392. The van der Waals surface area contributed by atoms with Crippen molar-refractivity contribution in [3.63, 3.8) is 0 Å². The van der Waals surface area contributed by atoms with Crippen LogP contribution in [0, 0.1) is 5.92 Å². The van der Waals surface area contributed by atoms with E-state index in [4.69, 9.17) is 5.73 Å². The quantitative estimate of drug-likeness (QED) is 0.599. The molecule has 0 aliphatic heterocycles. The molecule has 0 bridgehead atoms. The van der Waals surface area contributed by atoms with Gasteiger partial charge in [0, 0.05) is 33.2 Å². The number of carbonyl (C=O) groups is 1. The topological polar surface area (TPSA) is 43.1 Å². The van der Waals surface area contributed by atoms with E-state index in [1.807, 2.05) is 0 Å². The molecule has 3 heteroatoms. The van der Waals surface area contributed by atoms with Crippen molar-refractivity contribution in [3.8, 4) is 0 Å². The summed E-state index contributed by atoms with van der Waals surface area (Å²) in [7, 11) is 0. The molecule has 0 rings (SSSR count). The van der Waals surface area contributed by atoms with Crippen LogP contribution in [0.25, 0.3) is 0 Å². The third-order valence-electron chi connectivity index (χ3n) is 0.569. The minimum Gasteiger partial charge on any atom is -0.369 e. The summed E-state index contributed by atoms with van der Waals surface area (Å²) in [6.07, 6.45) is 0. The van der Waals surface area contributed by atoms with Crippen LogP contribution in [0.2, 0.25) is 0 Å². The first-order chi connectivity index (χ1) is 2.64. The minimum atomic E-state index is -0.241. The maximum Gasteiger partial charge on any atom is 0.219 e. The van der Waals surface area contributed by atoms with Crippen molar-refractivity contribution >= 4 is 5.91 Å². The van der Waals surface area contributed by atoms with E-state index in [-0.39, 0.29) is 39.1 Å². The summed E-state index contributed by atoms with van der Waals surface area (Å²) >= 11 is 0. The van der Waals surface area contributed by atoms with Gasteiger partial charge < -0.3 is 5.73 Å². The molecule has 0 aliphatic carbocycles. The van der Waals surface area contributed by atoms with E-state index in [2.05, 4.69) is 0 Å². The summed E-state index contributed by atoms with van der Waals surface area (Å²) in [5.74, 6) is -0.250. The van der Waals surface area contributed by atoms with Crippen LogP contribution in [0.5, 0.6) is 0 Å². The average molecular weight is 200 g/mol. The summed E-state index contributed by atoms with van der Waals surface area (Å²) < 4.78 is 0. The minimum absolute atomic E-state index is 0. The Morgan fingerprint density at radius 1 is 1.57 bits per heavy atom. The molecule has 2 N–H and O–H groups in total. The normalized spacial score (nSPS) is 7.86. The Kier molecular flexibility index (Phi) is 6.75. The largest absolute Gasteiger partial charge is 0.369 e. The van der Waals surface area contributed by atoms with Gasteiger partial charge in [-0.15, -0.1) is 0 Å². The Labute approximate surface area is 63.6 Å². The molecule has 1 amide bonds. The monoisotopic (exact) mass is 201 g/mol. The fourth-order valence-corrected chi connectivity index (χ4v) is 0. The predicted octanol–water partition coefficient (Wildman–Crippen LogP) is 0.125. The molecule has 0 saturated heterocycles. The predicted molar refractivity (Wildman–Crippen MR) is 24.0 cm³/mol. The van der Waals surface area contributed by atoms with E-state index in [1.165, 1.54) is 0 Å². The molecule has 7 heavy (non-hydrogen) atoms. The average Bonchev–Trinajstić information content (AvgIpc) is 1.36. The smallest absolute Gasteiger partial charge is 0.219 e. The molecule has 0 atom stereocenters. The number of amides is 1. The van der Waals surface area contributed by atoms with Crippen LogP contribution in [-0.2, 0) is 32.1 Å². The molecule has 0 aromatic carbocycles. The first-order valence-electron chi connectivity index (χ1n) is 1.94. The fourth-order valence-electron chi connectivity index (χ4n) is 0. The summed E-state index contributed by atoms with van der Waals surface area (Å²) in [5, 5.41) is 0. The third-order valence-corrected chi connectivity index (χ3v) is 0.569. The Bertz CT molecular complexity index is 62.7. The third kappa shape index (κ3) is 6.39. The van der Waals surface area contributed by atoms with Gasteiger partial charge in [0.1, 0.15) is 0 Å². The van der Waals surface area contributed by atoms with Crippen molar-refractivity contribution in [2.45, 2.75) is 13.8 Å². The first-order valence-corrected chi connectivity index (χ1v) is 1.94. The number of carbonyl (C=O) groups excluding carboxylic acids is 1. The second-order valence-corrected chi connectivity index (χ2v) is 1.56. The van der Waals surface area contributed by atoms with Crippen molar-refractivity contribution in [1.29, 1.82) is 0 Å². The van der Waals surface area contributed by atoms with Crippen LogP contribution in [0.15, 0.2) is 0 Å². The van der Waals surface area contributed by atoms with E-state index >= 15 is 0 Å². The summed E-state index contributed by atoms with van der Waals surface area (Å²) in [6.45, 7) is 3.53. The van der Waals surface area contributed by atoms with Gasteiger partial charge in [-0.2, -0.15) is 0 Å². The van der Waals surface area contributed by atoms with E-state index in [1.54, 1.807) is 13.8 Å². The molecule has 0 spiro atoms. The standard InChI is InChI=1S/C4H9NO.Cd/c1-3(2)4(5)6;/h3H,1-2H3,(H2,5,6);. The van der Waals surface area contributed by atoms with Crippen LogP contribution < -0.4 is 5.73 Å². The zero-order valence-electron chi connectivity index (χ0n) is 4.77. The second-order valence-electron chi connectivity index (χ2n) is 1.56. The fraction of sp³-hybridized carbons (Fsp3) is 0.750. The van der Waals surface area contributed by atoms with Gasteiger partial charge in [-0.3, -0.25) is 4.79 Å². The van der Waals surface area contributed by atoms with Gasteiger partial charge in [0.15, 0.2) is 0 Å². The van der Waals surface area contributed by atoms with Gasteiger partial charge in [-0.25, -0.2) is 0 Å². The molecule has 0 aliphatic rings. The Balaban J connectivity index is 0. The van der Waals surface area contributed by atoms with Crippen LogP contribution in [0.4, 0.5) is 0 Å². The molecule has 0 aromatic heterocycles. The number of rotatable bonds is 1. The molecule has 0 radical (unpaired) electrons. The van der Waals surface area contributed by atoms with Crippen LogP contribution in [0.1, 0.15) is 13.8 Å². The molecule has 38 valence electrons. The number of hydrogen-bond acceptors (Lipinski definition) is 1. The zero-order valence-corrected chi connectivity index (χ0v) is 8.81. The van der Waals surface area contributed by atoms with E-state index in [9.17, 15) is 4.79 Å². The van der Waals surface area contributed by atoms with Crippen molar-refractivity contribution < 1.29 is 32.1 Å². The van der Waals surface area contributed by atoms with E-state index in [0.29, 0.717) is 0 Å². The Morgan fingerprint density at radius 2 is 1.71 bits per heavy atom. The van der Waals surface area contributed by atoms with Crippen molar-refractivity contribution in [1.82, 2.24) is 0 Å². The summed E-state index contributed by atoms with van der Waals surface area (Å²) in [6, 6.07) is 0. The molecule has 0 fully saturated rings. The number of hydrogen-bond donors (Lipinski definition) is 1. The van der Waals surface area contributed by atoms with Gasteiger partial charge in [-0.05, 0) is 0 Å². The van der Waals surface area contributed by atoms with Gasteiger partial charge in [0.2, 0.25) is 5.91 Å². The van der Waals surface area contributed by atoms with Gasteiger partial charge in [-0.1, -0.05) is 13.8 Å². The van der Waals surface area contributed by atoms with Crippen molar-refractivity contribution in [3.05, 3.63) is 0 Å².